The maximum atomic E-state index is 12.9. The molecule has 176 valence electrons. The number of nitrogens with zero attached hydrogens (tertiary/aromatic N) is 1. The monoisotopic (exact) mass is 646 g/mol. The van der Waals surface area contributed by atoms with Crippen LogP contribution in [0.1, 0.15) is 33.2 Å². The fraction of sp³-hybridized carbons (Fsp3) is 0.125. The summed E-state index contributed by atoms with van der Waals surface area (Å²) < 4.78 is 5.90. The molecule has 0 aliphatic carbocycles. The molecule has 34 heavy (non-hydrogen) atoms. The average Bonchev–Trinajstić information content (AvgIpc) is 2.80. The van der Waals surface area contributed by atoms with E-state index >= 15 is 0 Å². The molecule has 3 rings (SSSR count). The zero-order chi connectivity index (χ0) is 24.8. The zero-order valence-electron chi connectivity index (χ0n) is 17.8. The van der Waals surface area contributed by atoms with E-state index in [2.05, 4.69) is 27.9 Å². The highest BCUT2D eigenvalue weighted by Crippen LogP contribution is 2.26. The second-order valence-corrected chi connectivity index (χ2v) is 9.86. The van der Waals surface area contributed by atoms with Crippen molar-refractivity contribution in [3.63, 3.8) is 0 Å². The van der Waals surface area contributed by atoms with Crippen LogP contribution in [-0.2, 0) is 11.3 Å². The van der Waals surface area contributed by atoms with Crippen LogP contribution in [0.5, 0.6) is 0 Å². The third kappa shape index (κ3) is 6.82. The summed E-state index contributed by atoms with van der Waals surface area (Å²) in [5.74, 6) is -0.866. The molecule has 0 saturated heterocycles. The lowest BCUT2D eigenvalue weighted by Gasteiger charge is -2.26. The fourth-order valence-corrected chi connectivity index (χ4v) is 4.42. The molecule has 0 unspecified atom stereocenters. The van der Waals surface area contributed by atoms with Gasteiger partial charge in [-0.25, -0.2) is 4.79 Å². The first-order chi connectivity index (χ1) is 16.2. The summed E-state index contributed by atoms with van der Waals surface area (Å²) in [5, 5.41) is 4.14. The number of ether oxygens (including phenoxy) is 1. The number of halogens is 4. The molecule has 0 spiro atoms. The fourth-order valence-electron chi connectivity index (χ4n) is 3.00. The van der Waals surface area contributed by atoms with E-state index in [0.29, 0.717) is 31.9 Å². The standard InChI is InChI=1S/C24H18Cl3IN2O3S/c1-2-33-23(32)14-4-8-18(9-5-14)30(13-15-3-6-16(25)11-21(15)27)24(34)29-22(31)19-12-17(28)7-10-20(19)26/h3-12H,2,13H2,1H3,(H,29,31,34). The molecule has 3 aromatic carbocycles. The van der Waals surface area contributed by atoms with Gasteiger partial charge in [-0.15, -0.1) is 0 Å². The first kappa shape index (κ1) is 26.7. The predicted molar refractivity (Wildman–Crippen MR) is 149 cm³/mol. The van der Waals surface area contributed by atoms with Crippen LogP contribution in [0.25, 0.3) is 0 Å². The van der Waals surface area contributed by atoms with Crippen LogP contribution in [0.4, 0.5) is 5.69 Å². The number of carbonyl (C=O) groups excluding carboxylic acids is 2. The number of thiocarbonyl (C=S) groups is 1. The van der Waals surface area contributed by atoms with Crippen LogP contribution in [-0.4, -0.2) is 23.6 Å². The van der Waals surface area contributed by atoms with Crippen molar-refractivity contribution >= 4 is 92.3 Å². The number of hydrogen-bond donors (Lipinski definition) is 1. The molecule has 1 amide bonds. The molecule has 0 aliphatic heterocycles. The number of rotatable bonds is 6. The second-order valence-electron chi connectivity index (χ2n) is 6.97. The van der Waals surface area contributed by atoms with Crippen molar-refractivity contribution in [1.82, 2.24) is 5.32 Å². The summed E-state index contributed by atoms with van der Waals surface area (Å²) in [6.07, 6.45) is 0. The highest BCUT2D eigenvalue weighted by atomic mass is 127. The first-order valence-electron chi connectivity index (χ1n) is 9.98. The minimum absolute atomic E-state index is 0.134. The van der Waals surface area contributed by atoms with Crippen molar-refractivity contribution in [2.75, 3.05) is 11.5 Å². The highest BCUT2D eigenvalue weighted by molar-refractivity contribution is 14.1. The number of esters is 1. The third-order valence-electron chi connectivity index (χ3n) is 4.67. The van der Waals surface area contributed by atoms with Crippen LogP contribution in [0, 0.1) is 3.57 Å². The van der Waals surface area contributed by atoms with E-state index in [1.807, 2.05) is 0 Å². The molecule has 10 heteroatoms. The lowest BCUT2D eigenvalue weighted by atomic mass is 10.1. The van der Waals surface area contributed by atoms with Crippen LogP contribution >= 0.6 is 69.6 Å². The molecule has 0 bridgehead atoms. The van der Waals surface area contributed by atoms with Crippen molar-refractivity contribution in [1.29, 1.82) is 0 Å². The number of hydrogen-bond acceptors (Lipinski definition) is 4. The maximum Gasteiger partial charge on any atom is 0.338 e. The van der Waals surface area contributed by atoms with Crippen molar-refractivity contribution in [2.45, 2.75) is 13.5 Å². The van der Waals surface area contributed by atoms with Gasteiger partial charge < -0.3 is 9.64 Å². The third-order valence-corrected chi connectivity index (χ3v) is 6.58. The van der Waals surface area contributed by atoms with Crippen LogP contribution in [0.15, 0.2) is 60.7 Å². The number of benzene rings is 3. The minimum Gasteiger partial charge on any atom is -0.462 e. The van der Waals surface area contributed by atoms with E-state index in [-0.39, 0.29) is 18.3 Å². The van der Waals surface area contributed by atoms with Gasteiger partial charge >= 0.3 is 5.97 Å². The zero-order valence-corrected chi connectivity index (χ0v) is 23.0. The van der Waals surface area contributed by atoms with Gasteiger partial charge in [-0.3, -0.25) is 10.1 Å². The number of carbonyl (C=O) groups is 2. The summed E-state index contributed by atoms with van der Waals surface area (Å²) >= 11 is 26.3. The molecule has 0 saturated carbocycles. The van der Waals surface area contributed by atoms with E-state index in [0.717, 1.165) is 9.13 Å². The van der Waals surface area contributed by atoms with E-state index in [9.17, 15) is 9.59 Å². The van der Waals surface area contributed by atoms with Gasteiger partial charge in [0.25, 0.3) is 5.91 Å². The van der Waals surface area contributed by atoms with Gasteiger partial charge in [-0.05, 0) is 102 Å². The minimum atomic E-state index is -0.441. The van der Waals surface area contributed by atoms with Crippen molar-refractivity contribution < 1.29 is 14.3 Å². The summed E-state index contributed by atoms with van der Waals surface area (Å²) in [6, 6.07) is 17.0. The average molecular weight is 648 g/mol. The Balaban J connectivity index is 1.92. The molecule has 5 nitrogen and oxygen atoms in total. The normalized spacial score (nSPS) is 10.5. The molecule has 0 aliphatic rings. The molecule has 3 aromatic rings. The van der Waals surface area contributed by atoms with Crippen LogP contribution in [0.3, 0.4) is 0 Å². The Morgan fingerprint density at radius 1 is 1.00 bits per heavy atom. The predicted octanol–water partition coefficient (Wildman–Crippen LogP) is 7.15. The lowest BCUT2D eigenvalue weighted by Crippen LogP contribution is -2.42. The Morgan fingerprint density at radius 2 is 1.71 bits per heavy atom. The molecular formula is C24H18Cl3IN2O3S. The van der Waals surface area contributed by atoms with Gasteiger partial charge in [0.05, 0.1) is 29.3 Å². The van der Waals surface area contributed by atoms with E-state index < -0.39 is 11.9 Å². The Morgan fingerprint density at radius 3 is 2.35 bits per heavy atom. The summed E-state index contributed by atoms with van der Waals surface area (Å²) in [6.45, 7) is 2.26. The summed E-state index contributed by atoms with van der Waals surface area (Å²) in [5.41, 5.74) is 2.08. The smallest absolute Gasteiger partial charge is 0.338 e. The molecule has 0 radical (unpaired) electrons. The SMILES string of the molecule is CCOC(=O)c1ccc(N(Cc2ccc(Cl)cc2Cl)C(=S)NC(=O)c2cc(I)ccc2Cl)cc1. The van der Waals surface area contributed by atoms with Gasteiger partial charge in [-0.2, -0.15) is 0 Å². The molecule has 0 atom stereocenters. The molecule has 1 N–H and O–H groups in total. The maximum absolute atomic E-state index is 12.9. The number of nitrogens with one attached hydrogen (secondary N) is 1. The van der Waals surface area contributed by atoms with Crippen LogP contribution < -0.4 is 10.2 Å². The van der Waals surface area contributed by atoms with E-state index in [1.165, 1.54) is 0 Å². The Kier molecular flexibility index (Phi) is 9.56. The highest BCUT2D eigenvalue weighted by Gasteiger charge is 2.20. The van der Waals surface area contributed by atoms with Crippen molar-refractivity contribution in [3.05, 3.63) is 96.0 Å². The van der Waals surface area contributed by atoms with Gasteiger partial charge in [0, 0.05) is 19.3 Å². The molecule has 0 heterocycles. The molecule has 0 aromatic heterocycles. The van der Waals surface area contributed by atoms with Gasteiger partial charge in [0.1, 0.15) is 0 Å². The van der Waals surface area contributed by atoms with Gasteiger partial charge in [0.15, 0.2) is 5.11 Å². The van der Waals surface area contributed by atoms with E-state index in [4.69, 9.17) is 51.8 Å². The Labute approximate surface area is 231 Å². The van der Waals surface area contributed by atoms with Crippen molar-refractivity contribution in [2.24, 2.45) is 0 Å². The largest absolute Gasteiger partial charge is 0.462 e. The quantitative estimate of drug-likeness (QED) is 0.175. The first-order valence-corrected chi connectivity index (χ1v) is 12.6. The topological polar surface area (TPSA) is 58.6 Å². The summed E-state index contributed by atoms with van der Waals surface area (Å²) in [7, 11) is 0. The molecule has 0 fully saturated rings. The summed E-state index contributed by atoms with van der Waals surface area (Å²) in [4.78, 5) is 26.6. The van der Waals surface area contributed by atoms with Gasteiger partial charge in [0.2, 0.25) is 0 Å². The number of amides is 1. The van der Waals surface area contributed by atoms with E-state index in [1.54, 1.807) is 72.5 Å². The van der Waals surface area contributed by atoms with Gasteiger partial charge in [-0.1, -0.05) is 40.9 Å². The van der Waals surface area contributed by atoms with Crippen molar-refractivity contribution in [3.8, 4) is 0 Å². The Hall–Kier alpha value is -1.91. The lowest BCUT2D eigenvalue weighted by molar-refractivity contribution is 0.0526. The van der Waals surface area contributed by atoms with Crippen LogP contribution in [0.2, 0.25) is 15.1 Å². The molecular weight excluding hydrogens is 630 g/mol. The number of anilines is 1. The Bertz CT molecular complexity index is 1240. The second kappa shape index (κ2) is 12.2.